The Hall–Kier alpha value is -2.66. The van der Waals surface area contributed by atoms with Gasteiger partial charge in [-0.25, -0.2) is 9.95 Å². The third-order valence-electron chi connectivity index (χ3n) is 4.26. The zero-order chi connectivity index (χ0) is 16.2. The van der Waals surface area contributed by atoms with Crippen molar-refractivity contribution in [1.82, 2.24) is 0 Å². The summed E-state index contributed by atoms with van der Waals surface area (Å²) in [7, 11) is 0. The van der Waals surface area contributed by atoms with Crippen LogP contribution in [0.25, 0.3) is 0 Å². The molecule has 4 rings (SSSR count). The number of anilines is 1. The smallest absolute Gasteiger partial charge is 0.147 e. The molecule has 0 radical (unpaired) electrons. The van der Waals surface area contributed by atoms with Crippen LogP contribution in [-0.4, -0.2) is 6.61 Å². The summed E-state index contributed by atoms with van der Waals surface area (Å²) in [4.78, 5) is 10.8. The average Bonchev–Trinajstić information content (AvgIpc) is 2.70. The minimum atomic E-state index is -0.651. The van der Waals surface area contributed by atoms with Gasteiger partial charge in [0.15, 0.2) is 0 Å². The molecule has 1 saturated heterocycles. The summed E-state index contributed by atoms with van der Waals surface area (Å²) in [6.45, 7) is 0.302. The molecular formula is C20H17NO3. The zero-order valence-corrected chi connectivity index (χ0v) is 13.0. The van der Waals surface area contributed by atoms with Gasteiger partial charge in [-0.1, -0.05) is 83.9 Å². The van der Waals surface area contributed by atoms with Crippen molar-refractivity contribution in [2.24, 2.45) is 0 Å². The highest BCUT2D eigenvalue weighted by Crippen LogP contribution is 2.41. The van der Waals surface area contributed by atoms with E-state index in [0.29, 0.717) is 6.61 Å². The summed E-state index contributed by atoms with van der Waals surface area (Å²) in [5, 5.41) is 6.63. The van der Waals surface area contributed by atoms with Gasteiger partial charge < -0.3 is 0 Å². The molecule has 0 aromatic heterocycles. The Morgan fingerprint density at radius 2 is 1.17 bits per heavy atom. The molecule has 1 fully saturated rings. The number of hydroxylamine groups is 1. The maximum Gasteiger partial charge on any atom is 0.147 e. The molecule has 0 bridgehead atoms. The van der Waals surface area contributed by atoms with Crippen LogP contribution in [0.15, 0.2) is 91.0 Å². The van der Waals surface area contributed by atoms with Crippen molar-refractivity contribution in [3.05, 3.63) is 102 Å². The molecule has 0 spiro atoms. The predicted molar refractivity (Wildman–Crippen MR) is 90.7 cm³/mol. The van der Waals surface area contributed by atoms with E-state index in [2.05, 4.69) is 24.3 Å². The standard InChI is InChI=1S/C20H17NO3/c1-4-10-17(11-5-1)20(18-12-6-2-7-13-18)16-22-24-23-21(20)19-14-8-3-9-15-19/h1-15H,16H2. The van der Waals surface area contributed by atoms with E-state index in [9.17, 15) is 0 Å². The summed E-state index contributed by atoms with van der Waals surface area (Å²) < 4.78 is 0. The van der Waals surface area contributed by atoms with Gasteiger partial charge in [-0.2, -0.15) is 0 Å². The van der Waals surface area contributed by atoms with E-state index < -0.39 is 5.54 Å². The van der Waals surface area contributed by atoms with Gasteiger partial charge in [-0.15, -0.1) is 0 Å². The van der Waals surface area contributed by atoms with Crippen molar-refractivity contribution in [3.8, 4) is 0 Å². The summed E-state index contributed by atoms with van der Waals surface area (Å²) >= 11 is 0. The van der Waals surface area contributed by atoms with Crippen LogP contribution in [0.1, 0.15) is 11.1 Å². The monoisotopic (exact) mass is 319 g/mol. The molecule has 0 unspecified atom stereocenters. The SMILES string of the molecule is c1ccc(N2OOOCC2(c2ccccc2)c2ccccc2)cc1. The van der Waals surface area contributed by atoms with Gasteiger partial charge >= 0.3 is 0 Å². The van der Waals surface area contributed by atoms with E-state index in [4.69, 9.17) is 14.9 Å². The molecule has 0 N–H and O–H groups in total. The Morgan fingerprint density at radius 1 is 0.667 bits per heavy atom. The Morgan fingerprint density at radius 3 is 1.71 bits per heavy atom. The van der Waals surface area contributed by atoms with Crippen LogP contribution in [-0.2, 0) is 20.5 Å². The van der Waals surface area contributed by atoms with Gasteiger partial charge in [0.05, 0.1) is 5.69 Å². The lowest BCUT2D eigenvalue weighted by Crippen LogP contribution is -2.54. The molecule has 4 nitrogen and oxygen atoms in total. The molecule has 3 aromatic rings. The Bertz CT molecular complexity index is 738. The molecule has 0 aliphatic carbocycles. The van der Waals surface area contributed by atoms with E-state index in [1.807, 2.05) is 66.7 Å². The van der Waals surface area contributed by atoms with Crippen LogP contribution in [0.3, 0.4) is 0 Å². The van der Waals surface area contributed by atoms with E-state index in [1.54, 1.807) is 5.06 Å². The molecule has 3 aromatic carbocycles. The molecule has 1 heterocycles. The third-order valence-corrected chi connectivity index (χ3v) is 4.26. The van der Waals surface area contributed by atoms with Crippen molar-refractivity contribution in [2.45, 2.75) is 5.54 Å². The van der Waals surface area contributed by atoms with E-state index >= 15 is 0 Å². The molecule has 0 atom stereocenters. The lowest BCUT2D eigenvalue weighted by atomic mass is 9.82. The first kappa shape index (κ1) is 14.9. The van der Waals surface area contributed by atoms with Crippen molar-refractivity contribution in [2.75, 3.05) is 11.7 Å². The molecular weight excluding hydrogens is 302 g/mol. The lowest BCUT2D eigenvalue weighted by molar-refractivity contribution is -0.548. The topological polar surface area (TPSA) is 30.9 Å². The average molecular weight is 319 g/mol. The predicted octanol–water partition coefficient (Wildman–Crippen LogP) is 4.25. The van der Waals surface area contributed by atoms with Crippen LogP contribution < -0.4 is 5.06 Å². The molecule has 1 aliphatic heterocycles. The van der Waals surface area contributed by atoms with Crippen LogP contribution in [0.2, 0.25) is 0 Å². The fourth-order valence-electron chi connectivity index (χ4n) is 3.11. The minimum absolute atomic E-state index is 0.302. The maximum atomic E-state index is 5.50. The van der Waals surface area contributed by atoms with E-state index in [-0.39, 0.29) is 0 Å². The first-order valence-corrected chi connectivity index (χ1v) is 7.84. The maximum absolute atomic E-state index is 5.50. The number of hydrogen-bond donors (Lipinski definition) is 0. The fourth-order valence-corrected chi connectivity index (χ4v) is 3.11. The number of benzene rings is 3. The first-order chi connectivity index (χ1) is 11.9. The van der Waals surface area contributed by atoms with E-state index in [0.717, 1.165) is 16.8 Å². The highest BCUT2D eigenvalue weighted by atomic mass is 17.6. The minimum Gasteiger partial charge on any atom is -0.202 e. The van der Waals surface area contributed by atoms with Gasteiger partial charge in [0.25, 0.3) is 0 Å². The second-order valence-electron chi connectivity index (χ2n) is 5.63. The normalized spacial score (nSPS) is 16.8. The molecule has 4 heteroatoms. The first-order valence-electron chi connectivity index (χ1n) is 7.84. The van der Waals surface area contributed by atoms with Crippen LogP contribution in [0.5, 0.6) is 0 Å². The molecule has 0 amide bonds. The van der Waals surface area contributed by atoms with Crippen LogP contribution in [0.4, 0.5) is 5.69 Å². The summed E-state index contributed by atoms with van der Waals surface area (Å²) in [5.74, 6) is 0. The van der Waals surface area contributed by atoms with Gasteiger partial charge in [-0.05, 0) is 28.3 Å². The summed E-state index contributed by atoms with van der Waals surface area (Å²) in [6.07, 6.45) is 0. The molecule has 120 valence electrons. The van der Waals surface area contributed by atoms with E-state index in [1.165, 1.54) is 0 Å². The number of hydrogen-bond acceptors (Lipinski definition) is 4. The highest BCUT2D eigenvalue weighted by molar-refractivity contribution is 5.54. The third kappa shape index (κ3) is 2.47. The molecule has 0 saturated carbocycles. The highest BCUT2D eigenvalue weighted by Gasteiger charge is 2.46. The fraction of sp³-hybridized carbons (Fsp3) is 0.100. The van der Waals surface area contributed by atoms with Crippen molar-refractivity contribution in [1.29, 1.82) is 0 Å². The van der Waals surface area contributed by atoms with Crippen molar-refractivity contribution in [3.63, 3.8) is 0 Å². The Labute approximate surface area is 140 Å². The second kappa shape index (κ2) is 6.45. The van der Waals surface area contributed by atoms with Gasteiger partial charge in [0, 0.05) is 0 Å². The lowest BCUT2D eigenvalue weighted by Gasteiger charge is -2.45. The number of nitrogens with zero attached hydrogens (tertiary/aromatic N) is 1. The second-order valence-corrected chi connectivity index (χ2v) is 5.63. The molecule has 1 aliphatic rings. The summed E-state index contributed by atoms with van der Waals surface area (Å²) in [6, 6.07) is 30.2. The van der Waals surface area contributed by atoms with Crippen molar-refractivity contribution < 1.29 is 14.9 Å². The van der Waals surface area contributed by atoms with Crippen LogP contribution >= 0.6 is 0 Å². The van der Waals surface area contributed by atoms with Gasteiger partial charge in [-0.3, -0.25) is 0 Å². The number of para-hydroxylation sites is 1. The quantitative estimate of drug-likeness (QED) is 0.676. The summed E-state index contributed by atoms with van der Waals surface area (Å²) in [5.41, 5.74) is 2.35. The zero-order valence-electron chi connectivity index (χ0n) is 13.0. The van der Waals surface area contributed by atoms with Crippen LogP contribution in [0, 0.1) is 0 Å². The van der Waals surface area contributed by atoms with Gasteiger partial charge in [0.1, 0.15) is 12.1 Å². The Kier molecular flexibility index (Phi) is 4.01. The van der Waals surface area contributed by atoms with Gasteiger partial charge in [0.2, 0.25) is 0 Å². The molecule has 24 heavy (non-hydrogen) atoms. The van der Waals surface area contributed by atoms with Crippen molar-refractivity contribution >= 4 is 5.69 Å². The number of rotatable bonds is 3. The Balaban J connectivity index is 1.94. The largest absolute Gasteiger partial charge is 0.202 e.